The van der Waals surface area contributed by atoms with Gasteiger partial charge in [-0.3, -0.25) is 9.59 Å². The third-order valence-corrected chi connectivity index (χ3v) is 2.91. The van der Waals surface area contributed by atoms with Crippen molar-refractivity contribution >= 4 is 23.5 Å². The molecule has 1 atom stereocenters. The summed E-state index contributed by atoms with van der Waals surface area (Å²) in [6.45, 7) is 2.74. The number of benzene rings is 1. The fraction of sp³-hybridized carbons (Fsp3) is 0.357. The minimum atomic E-state index is -1.00. The molecular formula is C14H17FN2O4. The van der Waals surface area contributed by atoms with Gasteiger partial charge in [0.05, 0.1) is 11.5 Å². The number of amides is 2. The van der Waals surface area contributed by atoms with Gasteiger partial charge < -0.3 is 15.3 Å². The molecule has 7 heteroatoms. The van der Waals surface area contributed by atoms with Crippen LogP contribution in [0.1, 0.15) is 24.2 Å². The van der Waals surface area contributed by atoms with Gasteiger partial charge in [0, 0.05) is 19.3 Å². The number of Topliss-reactive ketones (excluding diaryl/α,β-unsaturated/α-hetero) is 1. The second-order valence-electron chi connectivity index (χ2n) is 4.80. The van der Waals surface area contributed by atoms with E-state index in [1.807, 2.05) is 0 Å². The maximum absolute atomic E-state index is 13.4. The molecule has 1 unspecified atom stereocenters. The van der Waals surface area contributed by atoms with Gasteiger partial charge in [-0.05, 0) is 25.1 Å². The van der Waals surface area contributed by atoms with Gasteiger partial charge in [-0.2, -0.15) is 0 Å². The van der Waals surface area contributed by atoms with Crippen molar-refractivity contribution in [3.63, 3.8) is 0 Å². The molecule has 2 amide bonds. The molecule has 21 heavy (non-hydrogen) atoms. The average molecular weight is 296 g/mol. The zero-order chi connectivity index (χ0) is 16.2. The van der Waals surface area contributed by atoms with Crippen LogP contribution in [0.3, 0.4) is 0 Å². The molecule has 1 rings (SSSR count). The van der Waals surface area contributed by atoms with E-state index < -0.39 is 29.5 Å². The summed E-state index contributed by atoms with van der Waals surface area (Å²) in [7, 11) is 1.45. The van der Waals surface area contributed by atoms with Crippen LogP contribution in [0.2, 0.25) is 0 Å². The number of carboxylic acids is 1. The Labute approximate surface area is 121 Å². The van der Waals surface area contributed by atoms with E-state index in [0.717, 1.165) is 6.07 Å². The second-order valence-corrected chi connectivity index (χ2v) is 4.80. The van der Waals surface area contributed by atoms with E-state index in [-0.39, 0.29) is 17.8 Å². The minimum Gasteiger partial charge on any atom is -0.481 e. The van der Waals surface area contributed by atoms with Gasteiger partial charge in [0.1, 0.15) is 5.82 Å². The van der Waals surface area contributed by atoms with Crippen LogP contribution < -0.4 is 5.32 Å². The number of anilines is 1. The van der Waals surface area contributed by atoms with Crippen molar-refractivity contribution in [1.82, 2.24) is 4.90 Å². The number of rotatable bonds is 5. The Hall–Kier alpha value is -2.44. The topological polar surface area (TPSA) is 86.7 Å². The van der Waals surface area contributed by atoms with E-state index in [0.29, 0.717) is 0 Å². The van der Waals surface area contributed by atoms with E-state index in [4.69, 9.17) is 5.11 Å². The highest BCUT2D eigenvalue weighted by Crippen LogP contribution is 2.16. The molecule has 0 aliphatic heterocycles. The summed E-state index contributed by atoms with van der Waals surface area (Å²) in [5.74, 6) is -2.82. The lowest BCUT2D eigenvalue weighted by atomic mass is 10.1. The van der Waals surface area contributed by atoms with Crippen molar-refractivity contribution < 1.29 is 23.9 Å². The molecule has 0 saturated heterocycles. The van der Waals surface area contributed by atoms with Gasteiger partial charge in [-0.25, -0.2) is 9.18 Å². The Balaban J connectivity index is 2.77. The highest BCUT2D eigenvalue weighted by Gasteiger charge is 2.18. The first kappa shape index (κ1) is 16.6. The molecule has 6 nitrogen and oxygen atoms in total. The van der Waals surface area contributed by atoms with E-state index in [9.17, 15) is 18.8 Å². The summed E-state index contributed by atoms with van der Waals surface area (Å²) in [6, 6.07) is 3.12. The molecule has 0 aliphatic carbocycles. The van der Waals surface area contributed by atoms with Gasteiger partial charge in [0.25, 0.3) is 0 Å². The van der Waals surface area contributed by atoms with E-state index in [2.05, 4.69) is 5.32 Å². The molecule has 2 N–H and O–H groups in total. The van der Waals surface area contributed by atoms with Crippen molar-refractivity contribution in [2.75, 3.05) is 18.9 Å². The number of hydrogen-bond donors (Lipinski definition) is 2. The van der Waals surface area contributed by atoms with E-state index in [1.54, 1.807) is 0 Å². The van der Waals surface area contributed by atoms with Crippen molar-refractivity contribution in [3.8, 4) is 0 Å². The zero-order valence-corrected chi connectivity index (χ0v) is 12.0. The number of carbonyl (C=O) groups is 3. The SMILES string of the molecule is CC(=O)c1cc(NC(=O)N(C)CC(C)C(=O)O)ccc1F. The molecule has 0 radical (unpaired) electrons. The van der Waals surface area contributed by atoms with Crippen LogP contribution in [-0.4, -0.2) is 41.4 Å². The summed E-state index contributed by atoms with van der Waals surface area (Å²) in [5, 5.41) is 11.3. The number of nitrogens with one attached hydrogen (secondary N) is 1. The summed E-state index contributed by atoms with van der Waals surface area (Å²) in [6.07, 6.45) is 0. The third-order valence-electron chi connectivity index (χ3n) is 2.91. The first-order chi connectivity index (χ1) is 9.72. The number of aliphatic carboxylic acids is 1. The van der Waals surface area contributed by atoms with Crippen molar-refractivity contribution in [2.45, 2.75) is 13.8 Å². The van der Waals surface area contributed by atoms with Gasteiger partial charge in [-0.1, -0.05) is 6.92 Å². The molecule has 1 aromatic rings. The van der Waals surface area contributed by atoms with Crippen LogP contribution in [0.5, 0.6) is 0 Å². The van der Waals surface area contributed by atoms with Crippen LogP contribution in [0, 0.1) is 11.7 Å². The number of halogens is 1. The molecule has 0 aliphatic rings. The van der Waals surface area contributed by atoms with Crippen molar-refractivity contribution in [3.05, 3.63) is 29.6 Å². The lowest BCUT2D eigenvalue weighted by Crippen LogP contribution is -2.36. The van der Waals surface area contributed by atoms with Gasteiger partial charge in [0.15, 0.2) is 5.78 Å². The number of carboxylic acid groups (broad SMARTS) is 1. The number of urea groups is 1. The van der Waals surface area contributed by atoms with Crippen molar-refractivity contribution in [2.24, 2.45) is 5.92 Å². The first-order valence-electron chi connectivity index (χ1n) is 6.27. The third kappa shape index (κ3) is 4.55. The predicted octanol–water partition coefficient (Wildman–Crippen LogP) is 2.21. The quantitative estimate of drug-likeness (QED) is 0.816. The maximum Gasteiger partial charge on any atom is 0.321 e. The van der Waals surface area contributed by atoms with Crippen LogP contribution in [0.25, 0.3) is 0 Å². The molecule has 0 fully saturated rings. The molecule has 114 valence electrons. The molecule has 0 saturated carbocycles. The van der Waals surface area contributed by atoms with Crippen LogP contribution in [-0.2, 0) is 4.79 Å². The van der Waals surface area contributed by atoms with Crippen molar-refractivity contribution in [1.29, 1.82) is 0 Å². The number of carbonyl (C=O) groups excluding carboxylic acids is 2. The first-order valence-corrected chi connectivity index (χ1v) is 6.27. The van der Waals surface area contributed by atoms with Crippen LogP contribution >= 0.6 is 0 Å². The smallest absolute Gasteiger partial charge is 0.321 e. The summed E-state index contributed by atoms with van der Waals surface area (Å²) < 4.78 is 13.4. The molecular weight excluding hydrogens is 279 g/mol. The molecule has 0 heterocycles. The van der Waals surface area contributed by atoms with Crippen LogP contribution in [0.15, 0.2) is 18.2 Å². The minimum absolute atomic E-state index is 0.0297. The summed E-state index contributed by atoms with van der Waals surface area (Å²) in [4.78, 5) is 35.0. The number of hydrogen-bond acceptors (Lipinski definition) is 3. The van der Waals surface area contributed by atoms with Gasteiger partial charge >= 0.3 is 12.0 Å². The fourth-order valence-electron chi connectivity index (χ4n) is 1.66. The normalized spacial score (nSPS) is 11.6. The average Bonchev–Trinajstić information content (AvgIpc) is 2.40. The standard InChI is InChI=1S/C14H17FN2O4/c1-8(13(19)20)7-17(3)14(21)16-10-4-5-12(15)11(6-10)9(2)18/h4-6,8H,7H2,1-3H3,(H,16,21)(H,19,20). The molecule has 0 bridgehead atoms. The Kier molecular flexibility index (Phi) is 5.40. The highest BCUT2D eigenvalue weighted by atomic mass is 19.1. The van der Waals surface area contributed by atoms with Gasteiger partial charge in [-0.15, -0.1) is 0 Å². The Morgan fingerprint density at radius 2 is 2.00 bits per heavy atom. The number of ketones is 1. The number of nitrogens with zero attached hydrogens (tertiary/aromatic N) is 1. The molecule has 0 aromatic heterocycles. The fourth-order valence-corrected chi connectivity index (χ4v) is 1.66. The zero-order valence-electron chi connectivity index (χ0n) is 12.0. The maximum atomic E-state index is 13.4. The summed E-state index contributed by atoms with van der Waals surface area (Å²) >= 11 is 0. The summed E-state index contributed by atoms with van der Waals surface area (Å²) in [5.41, 5.74) is 0.149. The second kappa shape index (κ2) is 6.83. The molecule has 1 aromatic carbocycles. The van der Waals surface area contributed by atoms with Crippen LogP contribution in [0.4, 0.5) is 14.9 Å². The highest BCUT2D eigenvalue weighted by molar-refractivity contribution is 5.97. The van der Waals surface area contributed by atoms with Gasteiger partial charge in [0.2, 0.25) is 0 Å². The largest absolute Gasteiger partial charge is 0.481 e. The predicted molar refractivity (Wildman–Crippen MR) is 74.9 cm³/mol. The van der Waals surface area contributed by atoms with E-state index >= 15 is 0 Å². The Morgan fingerprint density at radius 1 is 1.38 bits per heavy atom. The Bertz CT molecular complexity index is 574. The lowest BCUT2D eigenvalue weighted by molar-refractivity contribution is -0.141. The Morgan fingerprint density at radius 3 is 2.52 bits per heavy atom. The lowest BCUT2D eigenvalue weighted by Gasteiger charge is -2.20. The molecule has 0 spiro atoms. The van der Waals surface area contributed by atoms with E-state index in [1.165, 1.54) is 37.9 Å². The monoisotopic (exact) mass is 296 g/mol.